The minimum atomic E-state index is -0.0576. The Hall–Kier alpha value is -0.530. The van der Waals surface area contributed by atoms with Gasteiger partial charge < -0.3 is 4.74 Å². The third-order valence-corrected chi connectivity index (χ3v) is 9.93. The lowest BCUT2D eigenvalue weighted by atomic mass is 9.43. The van der Waals surface area contributed by atoms with Crippen molar-refractivity contribution in [3.8, 4) is 0 Å². The van der Waals surface area contributed by atoms with Gasteiger partial charge in [-0.15, -0.1) is 0 Å². The van der Waals surface area contributed by atoms with Gasteiger partial charge in [0, 0.05) is 5.92 Å². The van der Waals surface area contributed by atoms with Crippen molar-refractivity contribution in [2.24, 2.45) is 52.3 Å². The average molecular weight is 331 g/mol. The number of carbonyl (C=O) groups is 1. The Morgan fingerprint density at radius 1 is 0.958 bits per heavy atom. The summed E-state index contributed by atoms with van der Waals surface area (Å²) in [5, 5.41) is 0. The summed E-state index contributed by atoms with van der Waals surface area (Å²) in [7, 11) is 0. The highest BCUT2D eigenvalue weighted by Gasteiger charge is 2.67. The monoisotopic (exact) mass is 330 g/mol. The Morgan fingerprint density at radius 3 is 2.58 bits per heavy atom. The number of hydrogen-bond donors (Lipinski definition) is 0. The van der Waals surface area contributed by atoms with Gasteiger partial charge in [0.2, 0.25) is 0 Å². The minimum Gasteiger partial charge on any atom is -0.465 e. The number of esters is 1. The first-order valence-electron chi connectivity index (χ1n) is 10.6. The van der Waals surface area contributed by atoms with Gasteiger partial charge in [-0.1, -0.05) is 20.8 Å². The van der Waals surface area contributed by atoms with Gasteiger partial charge in [-0.3, -0.25) is 4.79 Å². The SMILES string of the molecule is C[C@H]1C[C@@H]2CC[C@@H]3[C@H](CC[C@]45C(=O)OC[C@H]4CC[C@@H]35)[C@@]2(C)C[C@@H]1C. The maximum absolute atomic E-state index is 12.7. The second-order valence-electron chi connectivity index (χ2n) is 10.5. The highest BCUT2D eigenvalue weighted by Crippen LogP contribution is 2.69. The van der Waals surface area contributed by atoms with Crippen LogP contribution >= 0.6 is 0 Å². The van der Waals surface area contributed by atoms with Crippen molar-refractivity contribution in [2.45, 2.75) is 72.1 Å². The van der Waals surface area contributed by atoms with Gasteiger partial charge in [0.15, 0.2) is 0 Å². The fourth-order valence-electron chi connectivity index (χ4n) is 8.56. The lowest BCUT2D eigenvalue weighted by Gasteiger charge is -2.61. The first kappa shape index (κ1) is 15.7. The summed E-state index contributed by atoms with van der Waals surface area (Å²) >= 11 is 0. The molecule has 0 amide bonds. The van der Waals surface area contributed by atoms with Gasteiger partial charge in [-0.2, -0.15) is 0 Å². The molecule has 1 heterocycles. The molecule has 2 heteroatoms. The minimum absolute atomic E-state index is 0.0576. The van der Waals surface area contributed by atoms with Crippen LogP contribution in [0.5, 0.6) is 0 Å². The molecule has 1 saturated heterocycles. The maximum atomic E-state index is 12.7. The Balaban J connectivity index is 1.48. The van der Waals surface area contributed by atoms with Crippen molar-refractivity contribution in [3.63, 3.8) is 0 Å². The number of hydrogen-bond acceptors (Lipinski definition) is 2. The predicted octanol–water partition coefficient (Wildman–Crippen LogP) is 5.06. The topological polar surface area (TPSA) is 26.3 Å². The molecule has 1 spiro atoms. The van der Waals surface area contributed by atoms with Gasteiger partial charge in [0.05, 0.1) is 12.0 Å². The molecule has 5 rings (SSSR count). The molecule has 5 fully saturated rings. The van der Waals surface area contributed by atoms with E-state index in [0.717, 1.165) is 42.6 Å². The van der Waals surface area contributed by atoms with E-state index in [1.54, 1.807) is 0 Å². The van der Waals surface area contributed by atoms with Gasteiger partial charge in [0.1, 0.15) is 0 Å². The van der Waals surface area contributed by atoms with Gasteiger partial charge in [-0.05, 0) is 92.3 Å². The first-order chi connectivity index (χ1) is 11.5. The lowest BCUT2D eigenvalue weighted by Crippen LogP contribution is -2.55. The molecular weight excluding hydrogens is 296 g/mol. The molecule has 134 valence electrons. The van der Waals surface area contributed by atoms with Crippen LogP contribution in [0.25, 0.3) is 0 Å². The fourth-order valence-corrected chi connectivity index (χ4v) is 8.56. The molecule has 2 nitrogen and oxygen atoms in total. The van der Waals surface area contributed by atoms with Crippen LogP contribution in [0, 0.1) is 52.3 Å². The van der Waals surface area contributed by atoms with Crippen molar-refractivity contribution in [1.82, 2.24) is 0 Å². The second kappa shape index (κ2) is 5.01. The van der Waals surface area contributed by atoms with E-state index >= 15 is 0 Å². The number of cyclic esters (lactones) is 1. The summed E-state index contributed by atoms with van der Waals surface area (Å²) in [4.78, 5) is 12.7. The number of ether oxygens (including phenoxy) is 1. The van der Waals surface area contributed by atoms with Crippen molar-refractivity contribution in [3.05, 3.63) is 0 Å². The van der Waals surface area contributed by atoms with Crippen molar-refractivity contribution >= 4 is 5.97 Å². The largest absolute Gasteiger partial charge is 0.465 e. The van der Waals surface area contributed by atoms with E-state index in [0.29, 0.717) is 17.3 Å². The first-order valence-corrected chi connectivity index (χ1v) is 10.6. The molecule has 24 heavy (non-hydrogen) atoms. The zero-order valence-corrected chi connectivity index (χ0v) is 15.7. The zero-order valence-electron chi connectivity index (χ0n) is 15.7. The van der Waals surface area contributed by atoms with Crippen molar-refractivity contribution < 1.29 is 9.53 Å². The van der Waals surface area contributed by atoms with E-state index < -0.39 is 0 Å². The quantitative estimate of drug-likeness (QED) is 0.580. The Bertz CT molecular complexity index is 556. The van der Waals surface area contributed by atoms with Gasteiger partial charge >= 0.3 is 5.97 Å². The Morgan fingerprint density at radius 2 is 1.75 bits per heavy atom. The van der Waals surface area contributed by atoms with Gasteiger partial charge in [0.25, 0.3) is 0 Å². The molecule has 5 aliphatic rings. The molecule has 0 bridgehead atoms. The molecule has 0 aromatic rings. The van der Waals surface area contributed by atoms with Crippen LogP contribution in [0.4, 0.5) is 0 Å². The summed E-state index contributed by atoms with van der Waals surface area (Å²) in [5.74, 6) is 5.75. The molecule has 0 radical (unpaired) electrons. The van der Waals surface area contributed by atoms with E-state index in [4.69, 9.17) is 4.74 Å². The van der Waals surface area contributed by atoms with E-state index in [1.807, 2.05) is 0 Å². The smallest absolute Gasteiger partial charge is 0.312 e. The van der Waals surface area contributed by atoms with E-state index in [-0.39, 0.29) is 11.4 Å². The highest BCUT2D eigenvalue weighted by atomic mass is 16.5. The normalized spacial score (nSPS) is 59.1. The standard InChI is InChI=1S/C22H34O2/c1-13-10-15-4-6-17-18(21(15,3)11-14(13)2)8-9-22-16(5-7-19(17)22)12-24-20(22)23/h13-19H,4-12H2,1-3H3/t13-,14-,15-,16+,17+,18-,19-,21-,22-/m0/s1. The number of rotatable bonds is 0. The molecular formula is C22H34O2. The number of fused-ring (bicyclic) bond motifs is 4. The maximum Gasteiger partial charge on any atom is 0.312 e. The van der Waals surface area contributed by atoms with Crippen LogP contribution in [0.15, 0.2) is 0 Å². The number of carbonyl (C=O) groups excluding carboxylic acids is 1. The molecule has 0 N–H and O–H groups in total. The van der Waals surface area contributed by atoms with E-state index in [2.05, 4.69) is 20.8 Å². The summed E-state index contributed by atoms with van der Waals surface area (Å²) in [5.41, 5.74) is 0.481. The summed E-state index contributed by atoms with van der Waals surface area (Å²) < 4.78 is 5.58. The van der Waals surface area contributed by atoms with Crippen LogP contribution in [0.1, 0.15) is 72.1 Å². The summed E-state index contributed by atoms with van der Waals surface area (Å²) in [6.45, 7) is 8.32. The summed E-state index contributed by atoms with van der Waals surface area (Å²) in [6, 6.07) is 0. The van der Waals surface area contributed by atoms with Crippen molar-refractivity contribution in [2.75, 3.05) is 6.61 Å². The Labute approximate surface area is 147 Å². The molecule has 4 saturated carbocycles. The molecule has 4 aliphatic carbocycles. The summed E-state index contributed by atoms with van der Waals surface area (Å²) in [6.07, 6.45) is 10.6. The van der Waals surface area contributed by atoms with Crippen LogP contribution < -0.4 is 0 Å². The van der Waals surface area contributed by atoms with Crippen LogP contribution in [0.2, 0.25) is 0 Å². The van der Waals surface area contributed by atoms with Crippen LogP contribution in [0.3, 0.4) is 0 Å². The van der Waals surface area contributed by atoms with Gasteiger partial charge in [-0.25, -0.2) is 0 Å². The Kier molecular flexibility index (Phi) is 3.28. The van der Waals surface area contributed by atoms with E-state index in [1.165, 1.54) is 44.9 Å². The predicted molar refractivity (Wildman–Crippen MR) is 94.2 cm³/mol. The molecule has 1 aliphatic heterocycles. The third-order valence-electron chi connectivity index (χ3n) is 9.93. The lowest BCUT2D eigenvalue weighted by molar-refractivity contribution is -0.163. The zero-order chi connectivity index (χ0) is 16.7. The van der Waals surface area contributed by atoms with E-state index in [9.17, 15) is 4.79 Å². The average Bonchev–Trinajstić information content (AvgIpc) is 3.07. The molecule has 0 aromatic heterocycles. The second-order valence-corrected chi connectivity index (χ2v) is 10.5. The fraction of sp³-hybridized carbons (Fsp3) is 0.955. The molecule has 0 aromatic carbocycles. The van der Waals surface area contributed by atoms with Crippen molar-refractivity contribution in [1.29, 1.82) is 0 Å². The molecule has 0 unspecified atom stereocenters. The van der Waals surface area contributed by atoms with Crippen LogP contribution in [-0.4, -0.2) is 12.6 Å². The molecule has 9 atom stereocenters. The highest BCUT2D eigenvalue weighted by molar-refractivity contribution is 5.80. The third kappa shape index (κ3) is 1.76. The van der Waals surface area contributed by atoms with Crippen LogP contribution in [-0.2, 0) is 9.53 Å².